The van der Waals surface area contributed by atoms with Crippen molar-refractivity contribution in [2.75, 3.05) is 11.4 Å². The number of carbonyl (C=O) groups is 1. The molecule has 0 radical (unpaired) electrons. The average Bonchev–Trinajstić information content (AvgIpc) is 3.46. The van der Waals surface area contributed by atoms with E-state index in [0.29, 0.717) is 6.54 Å². The second-order valence-electron chi connectivity index (χ2n) is 7.68. The number of carbonyl (C=O) groups excluding carboxylic acids is 1. The van der Waals surface area contributed by atoms with Gasteiger partial charge < -0.3 is 4.90 Å². The summed E-state index contributed by atoms with van der Waals surface area (Å²) in [5.74, 6) is -0.121. The number of aromatic nitrogens is 3. The third-order valence-corrected chi connectivity index (χ3v) is 5.82. The van der Waals surface area contributed by atoms with Crippen LogP contribution in [-0.2, 0) is 17.8 Å². The normalized spacial score (nSPS) is 15.2. The van der Waals surface area contributed by atoms with E-state index in [1.165, 1.54) is 10.7 Å². The first-order valence-corrected chi connectivity index (χ1v) is 10.3. The fraction of sp³-hybridized carbons (Fsp3) is 0.250. The highest BCUT2D eigenvalue weighted by atomic mass is 16.2. The number of allylic oxidation sites excluding steroid dienone is 2. The highest BCUT2D eigenvalue weighted by Crippen LogP contribution is 2.36. The number of hydrogen-bond acceptors (Lipinski definition) is 4. The molecular weight excluding hydrogens is 376 g/mol. The maximum atomic E-state index is 13.1. The summed E-state index contributed by atoms with van der Waals surface area (Å²) in [6, 6.07) is 13.2. The van der Waals surface area contributed by atoms with Crippen LogP contribution in [0, 0.1) is 0 Å². The molecule has 0 unspecified atom stereocenters. The van der Waals surface area contributed by atoms with E-state index in [1.807, 2.05) is 30.5 Å². The minimum absolute atomic E-state index is 0.0590. The molecule has 5 rings (SSSR count). The number of rotatable bonds is 4. The van der Waals surface area contributed by atoms with E-state index in [4.69, 9.17) is 0 Å². The zero-order valence-corrected chi connectivity index (χ0v) is 16.6. The topological polar surface area (TPSA) is 68.1 Å². The second kappa shape index (κ2) is 7.71. The van der Waals surface area contributed by atoms with Crippen LogP contribution in [0.15, 0.2) is 65.7 Å². The predicted octanol–water partition coefficient (Wildman–Crippen LogP) is 3.46. The monoisotopic (exact) mass is 398 g/mol. The van der Waals surface area contributed by atoms with E-state index >= 15 is 0 Å². The van der Waals surface area contributed by atoms with Crippen molar-refractivity contribution in [2.45, 2.75) is 32.2 Å². The van der Waals surface area contributed by atoms with Gasteiger partial charge in [-0.25, -0.2) is 4.68 Å². The second-order valence-corrected chi connectivity index (χ2v) is 7.68. The minimum atomic E-state index is -0.255. The Hall–Kier alpha value is -3.54. The van der Waals surface area contributed by atoms with Crippen molar-refractivity contribution in [3.8, 4) is 11.1 Å². The zero-order valence-electron chi connectivity index (χ0n) is 16.6. The Bertz CT molecular complexity index is 1200. The maximum absolute atomic E-state index is 13.1. The van der Waals surface area contributed by atoms with Gasteiger partial charge in [0.2, 0.25) is 5.91 Å². The molecule has 3 heterocycles. The van der Waals surface area contributed by atoms with Crippen LogP contribution in [0.25, 0.3) is 16.7 Å². The quantitative estimate of drug-likeness (QED) is 0.675. The Morgan fingerprint density at radius 2 is 2.00 bits per heavy atom. The van der Waals surface area contributed by atoms with Crippen LogP contribution >= 0.6 is 0 Å². The van der Waals surface area contributed by atoms with Gasteiger partial charge in [-0.05, 0) is 60.6 Å². The van der Waals surface area contributed by atoms with Gasteiger partial charge in [0.15, 0.2) is 0 Å². The van der Waals surface area contributed by atoms with Crippen LogP contribution in [0.1, 0.15) is 30.5 Å². The molecule has 1 aromatic carbocycles. The highest BCUT2D eigenvalue weighted by Gasteiger charge is 2.27. The molecule has 1 amide bonds. The summed E-state index contributed by atoms with van der Waals surface area (Å²) in [4.78, 5) is 31.4. The van der Waals surface area contributed by atoms with Gasteiger partial charge in [0, 0.05) is 36.3 Å². The van der Waals surface area contributed by atoms with E-state index in [-0.39, 0.29) is 18.0 Å². The van der Waals surface area contributed by atoms with Crippen LogP contribution in [0.5, 0.6) is 0 Å². The van der Waals surface area contributed by atoms with E-state index in [9.17, 15) is 9.59 Å². The Kier molecular flexibility index (Phi) is 4.75. The largest absolute Gasteiger partial charge is 0.310 e. The van der Waals surface area contributed by atoms with E-state index < -0.39 is 0 Å². The Morgan fingerprint density at radius 1 is 1.07 bits per heavy atom. The van der Waals surface area contributed by atoms with Gasteiger partial charge in [0.25, 0.3) is 5.56 Å². The first-order valence-electron chi connectivity index (χ1n) is 10.3. The fourth-order valence-corrected chi connectivity index (χ4v) is 4.34. The molecule has 1 aliphatic carbocycles. The average molecular weight is 398 g/mol. The Balaban J connectivity index is 1.42. The van der Waals surface area contributed by atoms with E-state index in [2.05, 4.69) is 22.2 Å². The summed E-state index contributed by atoms with van der Waals surface area (Å²) < 4.78 is 1.29. The molecule has 0 saturated heterocycles. The van der Waals surface area contributed by atoms with Gasteiger partial charge in [-0.1, -0.05) is 24.3 Å². The lowest BCUT2D eigenvalue weighted by Crippen LogP contribution is -2.36. The number of fused-ring (bicyclic) bond motifs is 1. The predicted molar refractivity (Wildman–Crippen MR) is 116 cm³/mol. The lowest BCUT2D eigenvalue weighted by Gasteiger charge is -2.18. The summed E-state index contributed by atoms with van der Waals surface area (Å²) in [6.45, 7) is 0.543. The minimum Gasteiger partial charge on any atom is -0.310 e. The summed E-state index contributed by atoms with van der Waals surface area (Å²) >= 11 is 0. The van der Waals surface area contributed by atoms with Gasteiger partial charge >= 0.3 is 0 Å². The van der Waals surface area contributed by atoms with Crippen LogP contribution in [0.4, 0.5) is 5.69 Å². The van der Waals surface area contributed by atoms with Crippen molar-refractivity contribution < 1.29 is 4.79 Å². The molecule has 0 spiro atoms. The number of nitrogens with zero attached hydrogens (tertiary/aromatic N) is 4. The van der Waals surface area contributed by atoms with Gasteiger partial charge in [0.1, 0.15) is 6.54 Å². The van der Waals surface area contributed by atoms with Crippen LogP contribution in [0.3, 0.4) is 0 Å². The van der Waals surface area contributed by atoms with Crippen LogP contribution < -0.4 is 10.5 Å². The fourth-order valence-electron chi connectivity index (χ4n) is 4.34. The van der Waals surface area contributed by atoms with Crippen molar-refractivity contribution in [2.24, 2.45) is 0 Å². The van der Waals surface area contributed by atoms with Crippen molar-refractivity contribution in [3.63, 3.8) is 0 Å². The zero-order chi connectivity index (χ0) is 20.5. The molecule has 0 fully saturated rings. The van der Waals surface area contributed by atoms with Gasteiger partial charge in [-0.3, -0.25) is 14.6 Å². The third-order valence-electron chi connectivity index (χ3n) is 5.82. The number of anilines is 1. The lowest BCUT2D eigenvalue weighted by molar-refractivity contribution is -0.119. The van der Waals surface area contributed by atoms with Crippen LogP contribution in [0.2, 0.25) is 0 Å². The molecule has 30 heavy (non-hydrogen) atoms. The van der Waals surface area contributed by atoms with Gasteiger partial charge in [0.05, 0.1) is 5.69 Å². The summed E-state index contributed by atoms with van der Waals surface area (Å²) in [6.07, 6.45) is 9.65. The number of hydrogen-bond donors (Lipinski definition) is 0. The molecule has 0 bridgehead atoms. The molecule has 3 aromatic rings. The smallest absolute Gasteiger partial charge is 0.267 e. The van der Waals surface area contributed by atoms with Crippen molar-refractivity contribution in [1.29, 1.82) is 0 Å². The first-order chi connectivity index (χ1) is 14.7. The molecule has 1 aliphatic heterocycles. The third kappa shape index (κ3) is 3.34. The van der Waals surface area contributed by atoms with Crippen LogP contribution in [-0.4, -0.2) is 27.2 Å². The molecule has 6 heteroatoms. The Morgan fingerprint density at radius 3 is 2.80 bits per heavy atom. The summed E-state index contributed by atoms with van der Waals surface area (Å²) in [5, 5.41) is 4.47. The van der Waals surface area contributed by atoms with Crippen molar-refractivity contribution in [1.82, 2.24) is 14.8 Å². The van der Waals surface area contributed by atoms with E-state index in [0.717, 1.165) is 59.3 Å². The van der Waals surface area contributed by atoms with E-state index in [1.54, 1.807) is 17.2 Å². The van der Waals surface area contributed by atoms with Gasteiger partial charge in [-0.2, -0.15) is 5.10 Å². The van der Waals surface area contributed by atoms with Crippen molar-refractivity contribution >= 4 is 17.2 Å². The number of amides is 1. The number of benzene rings is 1. The Labute approximate surface area is 174 Å². The molecule has 2 aliphatic rings. The van der Waals surface area contributed by atoms with Crippen molar-refractivity contribution in [3.05, 3.63) is 82.5 Å². The molecular formula is C24H22N4O2. The summed E-state index contributed by atoms with van der Waals surface area (Å²) in [5.41, 5.74) is 5.88. The number of pyridine rings is 1. The first kappa shape index (κ1) is 18.5. The summed E-state index contributed by atoms with van der Waals surface area (Å²) in [7, 11) is 0. The SMILES string of the molecule is O=C(Cn1nc(C2=CCCC2)ccc1=O)N1CCc2c(-c3cccnc3)cccc21. The highest BCUT2D eigenvalue weighted by molar-refractivity contribution is 5.97. The molecule has 6 nitrogen and oxygen atoms in total. The lowest BCUT2D eigenvalue weighted by atomic mass is 9.99. The maximum Gasteiger partial charge on any atom is 0.267 e. The standard InChI is InChI=1S/C24H22N4O2/c29-23-11-10-21(17-5-1-2-6-17)26-28(23)16-24(30)27-14-12-20-19(8-3-9-22(20)27)18-7-4-13-25-15-18/h3-5,7-11,13,15H,1-2,6,12,14,16H2. The molecule has 0 atom stereocenters. The van der Waals surface area contributed by atoms with Gasteiger partial charge in [-0.15, -0.1) is 0 Å². The molecule has 0 saturated carbocycles. The molecule has 150 valence electrons. The molecule has 2 aromatic heterocycles. The molecule has 0 N–H and O–H groups in total.